The first-order valence-electron chi connectivity index (χ1n) is 5.01. The first kappa shape index (κ1) is 12.3. The van der Waals surface area contributed by atoms with Crippen molar-refractivity contribution in [1.82, 2.24) is 9.55 Å². The number of hydrogen-bond donors (Lipinski definition) is 3. The van der Waals surface area contributed by atoms with Crippen LogP contribution in [0.1, 0.15) is 12.6 Å². The fourth-order valence-corrected chi connectivity index (χ4v) is 1.86. The van der Waals surface area contributed by atoms with Gasteiger partial charge in [-0.25, -0.2) is 4.79 Å². The van der Waals surface area contributed by atoms with Crippen LogP contribution in [0.4, 0.5) is 5.82 Å². The van der Waals surface area contributed by atoms with Gasteiger partial charge < -0.3 is 20.7 Å². The molecule has 94 valence electrons. The van der Waals surface area contributed by atoms with Crippen LogP contribution < -0.4 is 11.4 Å². The van der Waals surface area contributed by atoms with E-state index in [1.807, 2.05) is 0 Å². The fraction of sp³-hybridized carbons (Fsp3) is 0.556. The lowest BCUT2D eigenvalue weighted by Crippen LogP contribution is -2.28. The smallest absolute Gasteiger partial charge is 0.351 e. The van der Waals surface area contributed by atoms with Crippen LogP contribution in [0, 0.1) is 0 Å². The average Bonchev–Trinajstić information content (AvgIpc) is 2.65. The molecule has 8 heteroatoms. The molecule has 0 bridgehead atoms. The fourth-order valence-electron chi connectivity index (χ4n) is 1.71. The summed E-state index contributed by atoms with van der Waals surface area (Å²) in [5.74, 6) is -0.0508. The van der Waals surface area contributed by atoms with Crippen LogP contribution in [0.3, 0.4) is 0 Å². The summed E-state index contributed by atoms with van der Waals surface area (Å²) in [5.41, 5.74) is 4.77. The maximum absolute atomic E-state index is 11.6. The summed E-state index contributed by atoms with van der Waals surface area (Å²) < 4.78 is 6.46. The van der Waals surface area contributed by atoms with Crippen LogP contribution in [0.15, 0.2) is 11.0 Å². The van der Waals surface area contributed by atoms with Gasteiger partial charge in [-0.05, 0) is 0 Å². The van der Waals surface area contributed by atoms with E-state index in [2.05, 4.69) is 4.98 Å². The summed E-state index contributed by atoms with van der Waals surface area (Å²) in [6.45, 7) is -0.317. The molecule has 1 fully saturated rings. The minimum absolute atomic E-state index is 0.0508. The maximum atomic E-state index is 11.6. The van der Waals surface area contributed by atoms with Crippen molar-refractivity contribution in [3.63, 3.8) is 0 Å². The van der Waals surface area contributed by atoms with E-state index < -0.39 is 24.1 Å². The second kappa shape index (κ2) is 4.61. The minimum atomic E-state index is -0.826. The van der Waals surface area contributed by atoms with Gasteiger partial charge in [0, 0.05) is 12.6 Å². The Balaban J connectivity index is 2.30. The van der Waals surface area contributed by atoms with E-state index >= 15 is 0 Å². The lowest BCUT2D eigenvalue weighted by Gasteiger charge is -2.14. The minimum Gasteiger partial charge on any atom is -0.394 e. The molecule has 0 saturated carbocycles. The quantitative estimate of drug-likeness (QED) is 0.638. The van der Waals surface area contributed by atoms with E-state index in [0.29, 0.717) is 0 Å². The van der Waals surface area contributed by atoms with Gasteiger partial charge in [0.1, 0.15) is 18.1 Å². The normalized spacial score (nSPS) is 28.5. The highest BCUT2D eigenvalue weighted by Crippen LogP contribution is 2.28. The molecule has 1 aliphatic heterocycles. The molecule has 3 atom stereocenters. The van der Waals surface area contributed by atoms with Crippen LogP contribution in [0.2, 0.25) is 5.02 Å². The summed E-state index contributed by atoms with van der Waals surface area (Å²) in [7, 11) is 0. The van der Waals surface area contributed by atoms with Crippen LogP contribution >= 0.6 is 11.6 Å². The second-order valence-electron chi connectivity index (χ2n) is 3.78. The molecule has 0 aliphatic carbocycles. The van der Waals surface area contributed by atoms with Crippen molar-refractivity contribution in [2.45, 2.75) is 24.9 Å². The van der Waals surface area contributed by atoms with Crippen molar-refractivity contribution >= 4 is 17.4 Å². The van der Waals surface area contributed by atoms with E-state index in [9.17, 15) is 9.90 Å². The van der Waals surface area contributed by atoms with Gasteiger partial charge in [-0.3, -0.25) is 4.57 Å². The Morgan fingerprint density at radius 2 is 2.41 bits per heavy atom. The lowest BCUT2D eigenvalue weighted by molar-refractivity contribution is -0.0458. The van der Waals surface area contributed by atoms with Crippen molar-refractivity contribution < 1.29 is 14.9 Å². The van der Waals surface area contributed by atoms with Gasteiger partial charge in [0.2, 0.25) is 0 Å². The number of nitrogen functional groups attached to an aromatic ring is 1. The zero-order valence-electron chi connectivity index (χ0n) is 8.78. The number of halogens is 1. The predicted octanol–water partition coefficient (Wildman–Crippen LogP) is -0.880. The zero-order chi connectivity index (χ0) is 12.6. The molecule has 7 nitrogen and oxygen atoms in total. The molecule has 0 aromatic carbocycles. The molecule has 1 aliphatic rings. The topological polar surface area (TPSA) is 111 Å². The molecule has 1 saturated heterocycles. The third-order valence-electron chi connectivity index (χ3n) is 2.63. The van der Waals surface area contributed by atoms with Gasteiger partial charge in [0.25, 0.3) is 0 Å². The van der Waals surface area contributed by atoms with Gasteiger partial charge >= 0.3 is 5.69 Å². The van der Waals surface area contributed by atoms with Gasteiger partial charge in [0.15, 0.2) is 0 Å². The molecule has 0 radical (unpaired) electrons. The highest BCUT2D eigenvalue weighted by Gasteiger charge is 2.35. The van der Waals surface area contributed by atoms with Crippen LogP contribution in [-0.4, -0.2) is 38.6 Å². The lowest BCUT2D eigenvalue weighted by atomic mass is 10.2. The van der Waals surface area contributed by atoms with Gasteiger partial charge in [-0.1, -0.05) is 11.6 Å². The number of aromatic nitrogens is 2. The second-order valence-corrected chi connectivity index (χ2v) is 4.19. The third-order valence-corrected chi connectivity index (χ3v) is 2.92. The van der Waals surface area contributed by atoms with Crippen LogP contribution in [0.25, 0.3) is 0 Å². The van der Waals surface area contributed by atoms with Crippen LogP contribution in [0.5, 0.6) is 0 Å². The summed E-state index contributed by atoms with van der Waals surface area (Å²) in [6, 6.07) is 0. The van der Waals surface area contributed by atoms with E-state index in [-0.39, 0.29) is 23.9 Å². The summed E-state index contributed by atoms with van der Waals surface area (Å²) in [5, 5.41) is 18.6. The van der Waals surface area contributed by atoms with Gasteiger partial charge in [-0.15, -0.1) is 0 Å². The SMILES string of the molecule is Nc1nc(=O)n([C@H]2CC(O)[C@@H](CO)O2)cc1Cl. The van der Waals surface area contributed by atoms with E-state index in [4.69, 9.17) is 27.2 Å². The van der Waals surface area contributed by atoms with Crippen molar-refractivity contribution in [3.8, 4) is 0 Å². The highest BCUT2D eigenvalue weighted by atomic mass is 35.5. The number of nitrogens with zero attached hydrogens (tertiary/aromatic N) is 2. The van der Waals surface area contributed by atoms with Gasteiger partial charge in [0.05, 0.1) is 17.7 Å². The Kier molecular flexibility index (Phi) is 3.34. The molecule has 17 heavy (non-hydrogen) atoms. The monoisotopic (exact) mass is 261 g/mol. The Morgan fingerprint density at radius 3 is 3.00 bits per heavy atom. The van der Waals surface area contributed by atoms with Crippen LogP contribution in [-0.2, 0) is 4.74 Å². The number of hydrogen-bond acceptors (Lipinski definition) is 6. The number of aliphatic hydroxyl groups is 2. The number of aliphatic hydroxyl groups excluding tert-OH is 2. The molecule has 1 aromatic rings. The predicted molar refractivity (Wildman–Crippen MR) is 59.5 cm³/mol. The zero-order valence-corrected chi connectivity index (χ0v) is 9.54. The Hall–Kier alpha value is -1.15. The highest BCUT2D eigenvalue weighted by molar-refractivity contribution is 6.32. The maximum Gasteiger partial charge on any atom is 0.351 e. The van der Waals surface area contributed by atoms with Gasteiger partial charge in [-0.2, -0.15) is 4.98 Å². The third kappa shape index (κ3) is 2.27. The molecule has 0 spiro atoms. The first-order valence-corrected chi connectivity index (χ1v) is 5.39. The molecule has 0 amide bonds. The summed E-state index contributed by atoms with van der Waals surface area (Å²) in [6.07, 6.45) is -0.729. The Morgan fingerprint density at radius 1 is 1.71 bits per heavy atom. The molecule has 1 aromatic heterocycles. The van der Waals surface area contributed by atoms with E-state index in [1.54, 1.807) is 0 Å². The van der Waals surface area contributed by atoms with E-state index in [1.165, 1.54) is 6.20 Å². The first-order chi connectivity index (χ1) is 8.02. The number of nitrogens with two attached hydrogens (primary N) is 1. The van der Waals surface area contributed by atoms with E-state index in [0.717, 1.165) is 4.57 Å². The van der Waals surface area contributed by atoms with Crippen molar-refractivity contribution in [1.29, 1.82) is 0 Å². The molecule has 2 heterocycles. The van der Waals surface area contributed by atoms with Crippen molar-refractivity contribution in [2.24, 2.45) is 0 Å². The summed E-state index contributed by atoms with van der Waals surface area (Å²) in [4.78, 5) is 15.1. The number of rotatable bonds is 2. The van der Waals surface area contributed by atoms with Crippen molar-refractivity contribution in [3.05, 3.63) is 21.7 Å². The Labute approximate surface area is 101 Å². The molecular formula is C9H12ClN3O4. The Bertz CT molecular complexity index is 478. The molecule has 1 unspecified atom stereocenters. The standard InChI is InChI=1S/C9H12ClN3O4/c10-4-2-13(9(16)12-8(4)11)7-1-5(15)6(3-14)17-7/h2,5-7,14-15H,1,3H2,(H2,11,12,16)/t5?,6-,7-/m1/s1. The molecule has 4 N–H and O–H groups in total. The largest absolute Gasteiger partial charge is 0.394 e. The van der Waals surface area contributed by atoms with Crippen molar-refractivity contribution in [2.75, 3.05) is 12.3 Å². The average molecular weight is 262 g/mol. The molecular weight excluding hydrogens is 250 g/mol. The number of ether oxygens (including phenoxy) is 1. The molecule has 2 rings (SSSR count). The number of anilines is 1. The summed E-state index contributed by atoms with van der Waals surface area (Å²) >= 11 is 5.76.